The van der Waals surface area contributed by atoms with Crippen molar-refractivity contribution in [1.29, 1.82) is 0 Å². The molecular weight excluding hydrogens is 470 g/mol. The molecule has 0 unspecified atom stereocenters. The summed E-state index contributed by atoms with van der Waals surface area (Å²) in [5, 5.41) is 14.7. The highest BCUT2D eigenvalue weighted by atomic mass is 79.9. The third-order valence-electron chi connectivity index (χ3n) is 3.80. The van der Waals surface area contributed by atoms with E-state index in [2.05, 4.69) is 26.5 Å². The molecular formula is C21H14BrN3O6. The highest BCUT2D eigenvalue weighted by Gasteiger charge is 2.11. The summed E-state index contributed by atoms with van der Waals surface area (Å²) in [5.41, 5.74) is 2.56. The summed E-state index contributed by atoms with van der Waals surface area (Å²) in [7, 11) is 0. The number of esters is 1. The summed E-state index contributed by atoms with van der Waals surface area (Å²) in [6, 6.07) is 13.5. The molecule has 1 heterocycles. The number of nitro groups is 1. The van der Waals surface area contributed by atoms with Crippen LogP contribution in [0.25, 0.3) is 6.08 Å². The van der Waals surface area contributed by atoms with E-state index in [0.29, 0.717) is 15.8 Å². The Kier molecular flexibility index (Phi) is 7.07. The summed E-state index contributed by atoms with van der Waals surface area (Å²) in [6.45, 7) is 0. The highest BCUT2D eigenvalue weighted by Crippen LogP contribution is 2.22. The molecule has 9 nitrogen and oxygen atoms in total. The van der Waals surface area contributed by atoms with Gasteiger partial charge in [0.1, 0.15) is 11.5 Å². The smallest absolute Gasteiger partial charge is 0.336 e. The van der Waals surface area contributed by atoms with Crippen molar-refractivity contribution in [3.05, 3.63) is 98.4 Å². The van der Waals surface area contributed by atoms with Gasteiger partial charge in [-0.05, 0) is 42.5 Å². The summed E-state index contributed by atoms with van der Waals surface area (Å²) in [5.74, 6) is -0.548. The molecule has 1 N–H and O–H groups in total. The van der Waals surface area contributed by atoms with Gasteiger partial charge in [-0.25, -0.2) is 10.2 Å². The molecule has 0 bridgehead atoms. The fourth-order valence-corrected chi connectivity index (χ4v) is 2.76. The molecule has 1 amide bonds. The number of hydrogen-bond donors (Lipinski definition) is 1. The van der Waals surface area contributed by atoms with Crippen molar-refractivity contribution in [3.8, 4) is 5.75 Å². The van der Waals surface area contributed by atoms with Gasteiger partial charge >= 0.3 is 5.97 Å². The number of carbonyl (C=O) groups is 2. The molecule has 10 heteroatoms. The number of nitrogens with zero attached hydrogens (tertiary/aromatic N) is 2. The number of carbonyl (C=O) groups excluding carboxylic acids is 2. The quantitative estimate of drug-likeness (QED) is 0.133. The Labute approximate surface area is 184 Å². The normalized spacial score (nSPS) is 11.0. The molecule has 1 aromatic heterocycles. The van der Waals surface area contributed by atoms with Gasteiger partial charge in [0.2, 0.25) is 0 Å². The second-order valence-electron chi connectivity index (χ2n) is 5.96. The fraction of sp³-hybridized carbons (Fsp3) is 0. The van der Waals surface area contributed by atoms with E-state index in [-0.39, 0.29) is 17.0 Å². The lowest BCUT2D eigenvalue weighted by Crippen LogP contribution is -2.17. The Morgan fingerprint density at radius 2 is 2.00 bits per heavy atom. The van der Waals surface area contributed by atoms with Gasteiger partial charge in [0, 0.05) is 33.8 Å². The van der Waals surface area contributed by atoms with E-state index < -0.39 is 16.8 Å². The number of hydrazone groups is 1. The van der Waals surface area contributed by atoms with Crippen molar-refractivity contribution < 1.29 is 23.7 Å². The van der Waals surface area contributed by atoms with Crippen molar-refractivity contribution in [2.24, 2.45) is 5.10 Å². The van der Waals surface area contributed by atoms with Gasteiger partial charge in [0.05, 0.1) is 17.4 Å². The maximum Gasteiger partial charge on any atom is 0.336 e. The molecule has 2 aromatic carbocycles. The number of amides is 1. The van der Waals surface area contributed by atoms with Crippen LogP contribution in [0.1, 0.15) is 21.7 Å². The molecule has 31 heavy (non-hydrogen) atoms. The van der Waals surface area contributed by atoms with E-state index >= 15 is 0 Å². The zero-order valence-electron chi connectivity index (χ0n) is 15.7. The maximum absolute atomic E-state index is 12.2. The summed E-state index contributed by atoms with van der Waals surface area (Å²) in [6.07, 6.45) is 5.45. The lowest BCUT2D eigenvalue weighted by atomic mass is 10.2. The predicted molar refractivity (Wildman–Crippen MR) is 116 cm³/mol. The summed E-state index contributed by atoms with van der Waals surface area (Å²) in [4.78, 5) is 34.5. The Bertz CT molecular complexity index is 1170. The van der Waals surface area contributed by atoms with E-state index in [1.165, 1.54) is 42.8 Å². The van der Waals surface area contributed by atoms with Crippen LogP contribution in [-0.4, -0.2) is 23.0 Å². The number of nitrogens with one attached hydrogen (secondary N) is 1. The third kappa shape index (κ3) is 6.21. The average Bonchev–Trinajstić information content (AvgIpc) is 3.28. The highest BCUT2D eigenvalue weighted by molar-refractivity contribution is 9.10. The number of furan rings is 1. The number of rotatable bonds is 7. The van der Waals surface area contributed by atoms with Crippen LogP contribution in [0, 0.1) is 10.1 Å². The van der Waals surface area contributed by atoms with Crippen LogP contribution in [0.2, 0.25) is 0 Å². The molecule has 0 aliphatic heterocycles. The Hall–Kier alpha value is -4.05. The summed E-state index contributed by atoms with van der Waals surface area (Å²) < 4.78 is 11.1. The van der Waals surface area contributed by atoms with Crippen molar-refractivity contribution in [1.82, 2.24) is 5.43 Å². The topological polar surface area (TPSA) is 124 Å². The van der Waals surface area contributed by atoms with E-state index in [4.69, 9.17) is 9.15 Å². The predicted octanol–water partition coefficient (Wildman–Crippen LogP) is 4.33. The monoisotopic (exact) mass is 483 g/mol. The molecule has 0 aliphatic rings. The number of non-ortho nitro benzene ring substituents is 1. The molecule has 0 atom stereocenters. The van der Waals surface area contributed by atoms with Gasteiger partial charge in [-0.3, -0.25) is 14.9 Å². The first-order chi connectivity index (χ1) is 14.9. The van der Waals surface area contributed by atoms with Crippen LogP contribution in [0.5, 0.6) is 5.75 Å². The average molecular weight is 484 g/mol. The fourth-order valence-electron chi connectivity index (χ4n) is 2.38. The lowest BCUT2D eigenvalue weighted by molar-refractivity contribution is -0.384. The maximum atomic E-state index is 12.2. The van der Waals surface area contributed by atoms with Crippen molar-refractivity contribution in [2.75, 3.05) is 0 Å². The Morgan fingerprint density at radius 1 is 1.16 bits per heavy atom. The first-order valence-corrected chi connectivity index (χ1v) is 9.52. The van der Waals surface area contributed by atoms with Crippen LogP contribution in [0.3, 0.4) is 0 Å². The molecule has 0 fully saturated rings. The third-order valence-corrected chi connectivity index (χ3v) is 4.29. The van der Waals surface area contributed by atoms with Gasteiger partial charge in [-0.2, -0.15) is 5.10 Å². The van der Waals surface area contributed by atoms with Crippen LogP contribution in [-0.2, 0) is 4.79 Å². The zero-order chi connectivity index (χ0) is 22.2. The minimum atomic E-state index is -0.631. The minimum absolute atomic E-state index is 0.0790. The zero-order valence-corrected chi connectivity index (χ0v) is 17.3. The Morgan fingerprint density at radius 3 is 2.74 bits per heavy atom. The van der Waals surface area contributed by atoms with Crippen molar-refractivity contribution >= 4 is 45.8 Å². The molecule has 0 saturated heterocycles. The Balaban J connectivity index is 1.69. The van der Waals surface area contributed by atoms with Gasteiger partial charge in [-0.1, -0.05) is 22.0 Å². The SMILES string of the molecule is O=C(/C=C/c1ccco1)Oc1ccc(Br)cc1/C=N/NC(=O)c1cccc([N+](=O)[O-])c1. The number of halogens is 1. The second-order valence-corrected chi connectivity index (χ2v) is 6.87. The molecule has 3 aromatic rings. The molecule has 0 spiro atoms. The largest absolute Gasteiger partial charge is 0.465 e. The van der Waals surface area contributed by atoms with Crippen molar-refractivity contribution in [3.63, 3.8) is 0 Å². The van der Waals surface area contributed by atoms with Gasteiger partial charge in [0.25, 0.3) is 11.6 Å². The number of hydrogen-bond acceptors (Lipinski definition) is 7. The molecule has 3 rings (SSSR count). The van der Waals surface area contributed by atoms with Crippen LogP contribution >= 0.6 is 15.9 Å². The minimum Gasteiger partial charge on any atom is -0.465 e. The van der Waals surface area contributed by atoms with Crippen LogP contribution in [0.15, 0.2) is 80.9 Å². The standard InChI is InChI=1S/C21H14BrN3O6/c22-16-6-8-19(31-20(26)9-7-18-5-2-10-30-18)15(11-16)13-23-24-21(27)14-3-1-4-17(12-14)25(28)29/h1-13H,(H,24,27)/b9-7+,23-13+. The number of ether oxygens (including phenoxy) is 1. The number of benzene rings is 2. The van der Waals surface area contributed by atoms with E-state index in [0.717, 1.165) is 6.07 Å². The van der Waals surface area contributed by atoms with Crippen LogP contribution < -0.4 is 10.2 Å². The van der Waals surface area contributed by atoms with E-state index in [1.807, 2.05) is 0 Å². The van der Waals surface area contributed by atoms with E-state index in [9.17, 15) is 19.7 Å². The summed E-state index contributed by atoms with van der Waals surface area (Å²) >= 11 is 3.32. The van der Waals surface area contributed by atoms with Crippen LogP contribution in [0.4, 0.5) is 5.69 Å². The first-order valence-electron chi connectivity index (χ1n) is 8.73. The lowest BCUT2D eigenvalue weighted by Gasteiger charge is -2.06. The number of nitro benzene ring substituents is 1. The molecule has 0 saturated carbocycles. The molecule has 156 valence electrons. The van der Waals surface area contributed by atoms with Gasteiger partial charge in [-0.15, -0.1) is 0 Å². The molecule has 0 aliphatic carbocycles. The molecule has 0 radical (unpaired) electrons. The second kappa shape index (κ2) is 10.1. The van der Waals surface area contributed by atoms with E-state index in [1.54, 1.807) is 30.3 Å². The first kappa shape index (κ1) is 21.7. The van der Waals surface area contributed by atoms with Crippen molar-refractivity contribution in [2.45, 2.75) is 0 Å². The van der Waals surface area contributed by atoms with Gasteiger partial charge < -0.3 is 9.15 Å². The van der Waals surface area contributed by atoms with Gasteiger partial charge in [0.15, 0.2) is 0 Å².